The van der Waals surface area contributed by atoms with E-state index in [1.54, 1.807) is 7.11 Å². The molecule has 8 heteroatoms. The molecule has 140 valence electrons. The van der Waals surface area contributed by atoms with Crippen molar-refractivity contribution in [3.05, 3.63) is 65.2 Å². The van der Waals surface area contributed by atoms with Crippen LogP contribution in [0.3, 0.4) is 0 Å². The topological polar surface area (TPSA) is 48.4 Å². The molecule has 0 aliphatic rings. The largest absolute Gasteiger partial charge is 0.497 e. The van der Waals surface area contributed by atoms with Crippen molar-refractivity contribution in [3.8, 4) is 16.3 Å². The van der Waals surface area contributed by atoms with Crippen LogP contribution in [0.1, 0.15) is 5.69 Å². The summed E-state index contributed by atoms with van der Waals surface area (Å²) in [7, 11) is 1.60. The average molecular weight is 407 g/mol. The second-order valence-electron chi connectivity index (χ2n) is 5.40. The molecule has 0 saturated carbocycles. The maximum Gasteiger partial charge on any atom is 0.316 e. The van der Waals surface area contributed by atoms with Gasteiger partial charge >= 0.3 is 5.97 Å². The van der Waals surface area contributed by atoms with Gasteiger partial charge in [0.2, 0.25) is 0 Å². The normalized spacial score (nSPS) is 10.6. The quantitative estimate of drug-likeness (QED) is 0.410. The Balaban J connectivity index is 1.51. The van der Waals surface area contributed by atoms with Crippen LogP contribution in [-0.2, 0) is 16.1 Å². The summed E-state index contributed by atoms with van der Waals surface area (Å²) < 4.78 is 36.9. The Morgan fingerprint density at radius 3 is 2.70 bits per heavy atom. The fourth-order valence-corrected chi connectivity index (χ4v) is 3.73. The third-order valence-corrected chi connectivity index (χ3v) is 5.45. The van der Waals surface area contributed by atoms with E-state index < -0.39 is 17.6 Å². The fraction of sp³-hybridized carbons (Fsp3) is 0.158. The van der Waals surface area contributed by atoms with Crippen LogP contribution >= 0.6 is 23.1 Å². The molecule has 0 N–H and O–H groups in total. The van der Waals surface area contributed by atoms with Gasteiger partial charge in [0.1, 0.15) is 29.0 Å². The van der Waals surface area contributed by atoms with Crippen LogP contribution in [0.5, 0.6) is 5.75 Å². The molecule has 2 aromatic carbocycles. The molecule has 0 aliphatic heterocycles. The van der Waals surface area contributed by atoms with Gasteiger partial charge in [-0.05, 0) is 42.5 Å². The van der Waals surface area contributed by atoms with Gasteiger partial charge in [0, 0.05) is 15.8 Å². The van der Waals surface area contributed by atoms with Crippen molar-refractivity contribution in [1.29, 1.82) is 0 Å². The first-order chi connectivity index (χ1) is 13.0. The van der Waals surface area contributed by atoms with Crippen molar-refractivity contribution in [1.82, 2.24) is 4.98 Å². The number of rotatable bonds is 7. The highest BCUT2D eigenvalue weighted by atomic mass is 32.2. The van der Waals surface area contributed by atoms with Gasteiger partial charge in [-0.1, -0.05) is 0 Å². The lowest BCUT2D eigenvalue weighted by atomic mass is 10.2. The Hall–Kier alpha value is -2.45. The highest BCUT2D eigenvalue weighted by Crippen LogP contribution is 2.26. The number of benzene rings is 2. The molecule has 0 radical (unpaired) electrons. The van der Waals surface area contributed by atoms with E-state index in [9.17, 15) is 13.6 Å². The number of aromatic nitrogens is 1. The number of carbonyl (C=O) groups excluding carboxylic acids is 1. The van der Waals surface area contributed by atoms with E-state index in [4.69, 9.17) is 9.47 Å². The standard InChI is InChI=1S/C19H15F2NO3S2/c1-24-15-5-2-12(3-6-15)19-22-14(10-27-19)9-25-18(23)11-26-17-8-13(20)4-7-16(17)21/h2-8,10H,9,11H2,1H3. The van der Waals surface area contributed by atoms with Crippen molar-refractivity contribution < 1.29 is 23.0 Å². The number of hydrogen-bond donors (Lipinski definition) is 0. The number of nitrogens with zero attached hydrogens (tertiary/aromatic N) is 1. The molecule has 0 atom stereocenters. The van der Waals surface area contributed by atoms with E-state index in [-0.39, 0.29) is 17.3 Å². The molecule has 3 aromatic rings. The number of methoxy groups -OCH3 is 1. The average Bonchev–Trinajstić information content (AvgIpc) is 3.16. The molecular formula is C19H15F2NO3S2. The number of thioether (sulfide) groups is 1. The number of thiazole rings is 1. The van der Waals surface area contributed by atoms with E-state index in [1.165, 1.54) is 11.3 Å². The van der Waals surface area contributed by atoms with Crippen LogP contribution in [0.25, 0.3) is 10.6 Å². The van der Waals surface area contributed by atoms with E-state index >= 15 is 0 Å². The monoisotopic (exact) mass is 407 g/mol. The molecule has 1 heterocycles. The summed E-state index contributed by atoms with van der Waals surface area (Å²) in [6.45, 7) is 0.0255. The van der Waals surface area contributed by atoms with Crippen molar-refractivity contribution in [2.24, 2.45) is 0 Å². The molecule has 0 fully saturated rings. The molecule has 0 saturated heterocycles. The second-order valence-corrected chi connectivity index (χ2v) is 7.27. The van der Waals surface area contributed by atoms with E-state index in [1.807, 2.05) is 29.6 Å². The Bertz CT molecular complexity index is 929. The molecule has 3 rings (SSSR count). The van der Waals surface area contributed by atoms with Crippen LogP contribution in [-0.4, -0.2) is 23.8 Å². The third kappa shape index (κ3) is 5.27. The zero-order valence-corrected chi connectivity index (χ0v) is 15.9. The molecular weight excluding hydrogens is 392 g/mol. The van der Waals surface area contributed by atoms with Crippen molar-refractivity contribution >= 4 is 29.1 Å². The minimum atomic E-state index is -0.571. The summed E-state index contributed by atoms with van der Waals surface area (Å²) in [4.78, 5) is 16.3. The van der Waals surface area contributed by atoms with Gasteiger partial charge < -0.3 is 9.47 Å². The van der Waals surface area contributed by atoms with Crippen LogP contribution in [0.2, 0.25) is 0 Å². The van der Waals surface area contributed by atoms with Gasteiger partial charge in [0.15, 0.2) is 0 Å². The summed E-state index contributed by atoms with van der Waals surface area (Å²) in [5.41, 5.74) is 1.57. The maximum atomic E-state index is 13.5. The van der Waals surface area contributed by atoms with Crippen LogP contribution in [0.15, 0.2) is 52.7 Å². The van der Waals surface area contributed by atoms with Gasteiger partial charge in [-0.3, -0.25) is 4.79 Å². The zero-order chi connectivity index (χ0) is 19.2. The predicted octanol–water partition coefficient (Wildman–Crippen LogP) is 4.93. The lowest BCUT2D eigenvalue weighted by Gasteiger charge is -2.04. The van der Waals surface area contributed by atoms with E-state index in [0.717, 1.165) is 46.3 Å². The number of hydrogen-bond acceptors (Lipinski definition) is 6. The highest BCUT2D eigenvalue weighted by molar-refractivity contribution is 8.00. The maximum absolute atomic E-state index is 13.5. The zero-order valence-electron chi connectivity index (χ0n) is 14.3. The van der Waals surface area contributed by atoms with E-state index in [2.05, 4.69) is 4.98 Å². The second kappa shape index (κ2) is 8.96. The predicted molar refractivity (Wildman–Crippen MR) is 101 cm³/mol. The van der Waals surface area contributed by atoms with Gasteiger partial charge in [-0.25, -0.2) is 13.8 Å². The number of esters is 1. The fourth-order valence-electron chi connectivity index (χ4n) is 2.16. The Morgan fingerprint density at radius 1 is 1.19 bits per heavy atom. The summed E-state index contributed by atoms with van der Waals surface area (Å²) in [5, 5.41) is 2.62. The first-order valence-corrected chi connectivity index (χ1v) is 9.74. The van der Waals surface area contributed by atoms with Gasteiger partial charge in [-0.2, -0.15) is 0 Å². The van der Waals surface area contributed by atoms with Gasteiger partial charge in [-0.15, -0.1) is 23.1 Å². The van der Waals surface area contributed by atoms with E-state index in [0.29, 0.717) is 5.69 Å². The van der Waals surface area contributed by atoms with Crippen LogP contribution in [0.4, 0.5) is 8.78 Å². The highest BCUT2D eigenvalue weighted by Gasteiger charge is 2.11. The minimum Gasteiger partial charge on any atom is -0.497 e. The summed E-state index contributed by atoms with van der Waals surface area (Å²) >= 11 is 2.33. The molecule has 0 aliphatic carbocycles. The molecule has 27 heavy (non-hydrogen) atoms. The third-order valence-electron chi connectivity index (χ3n) is 3.51. The lowest BCUT2D eigenvalue weighted by Crippen LogP contribution is -2.07. The molecule has 0 spiro atoms. The summed E-state index contributed by atoms with van der Waals surface area (Å²) in [6.07, 6.45) is 0. The smallest absolute Gasteiger partial charge is 0.316 e. The molecule has 0 unspecified atom stereocenters. The Labute approximate surface area is 163 Å². The Kier molecular flexibility index (Phi) is 6.41. The SMILES string of the molecule is COc1ccc(-c2nc(COC(=O)CSc3cc(F)ccc3F)cs2)cc1. The van der Waals surface area contributed by atoms with Gasteiger partial charge in [0.05, 0.1) is 18.6 Å². The summed E-state index contributed by atoms with van der Waals surface area (Å²) in [6, 6.07) is 10.6. The minimum absolute atomic E-state index is 0.0255. The number of carbonyl (C=O) groups is 1. The van der Waals surface area contributed by atoms with Crippen molar-refractivity contribution in [2.45, 2.75) is 11.5 Å². The van der Waals surface area contributed by atoms with Crippen LogP contribution in [0, 0.1) is 11.6 Å². The van der Waals surface area contributed by atoms with Gasteiger partial charge in [0.25, 0.3) is 0 Å². The molecule has 0 amide bonds. The van der Waals surface area contributed by atoms with Crippen LogP contribution < -0.4 is 4.74 Å². The Morgan fingerprint density at radius 2 is 1.96 bits per heavy atom. The molecule has 4 nitrogen and oxygen atoms in total. The summed E-state index contributed by atoms with van der Waals surface area (Å²) in [5.74, 6) is -1.01. The number of halogens is 2. The lowest BCUT2D eigenvalue weighted by molar-refractivity contribution is -0.141. The van der Waals surface area contributed by atoms with Crippen molar-refractivity contribution in [3.63, 3.8) is 0 Å². The first kappa shape index (κ1) is 19.3. The van der Waals surface area contributed by atoms with Crippen molar-refractivity contribution in [2.75, 3.05) is 12.9 Å². The molecule has 0 bridgehead atoms. The number of ether oxygens (including phenoxy) is 2. The first-order valence-electron chi connectivity index (χ1n) is 7.87. The molecule has 1 aromatic heterocycles.